The molecule has 0 amide bonds. The molecule has 1 aromatic heterocycles. The van der Waals surface area contributed by atoms with Crippen molar-refractivity contribution >= 4 is 11.3 Å². The summed E-state index contributed by atoms with van der Waals surface area (Å²) in [5.41, 5.74) is 1.24. The van der Waals surface area contributed by atoms with Crippen LogP contribution in [0.5, 0.6) is 0 Å². The predicted molar refractivity (Wildman–Crippen MR) is 73.9 cm³/mol. The molecule has 0 N–H and O–H groups in total. The van der Waals surface area contributed by atoms with Crippen molar-refractivity contribution in [1.29, 1.82) is 5.26 Å². The molecular formula is C14H22N2S. The maximum absolute atomic E-state index is 8.91. The van der Waals surface area contributed by atoms with Gasteiger partial charge < -0.3 is 4.90 Å². The minimum absolute atomic E-state index is 0.161. The molecule has 2 nitrogen and oxygen atoms in total. The van der Waals surface area contributed by atoms with Gasteiger partial charge in [-0.3, -0.25) is 0 Å². The quantitative estimate of drug-likeness (QED) is 0.686. The Labute approximate surface area is 109 Å². The van der Waals surface area contributed by atoms with E-state index < -0.39 is 0 Å². The molecule has 0 aliphatic rings. The lowest BCUT2D eigenvalue weighted by Crippen LogP contribution is -2.19. The average molecular weight is 250 g/mol. The minimum atomic E-state index is -0.161. The lowest BCUT2D eigenvalue weighted by molar-refractivity contribution is 0.307. The van der Waals surface area contributed by atoms with Gasteiger partial charge in [-0.15, -0.1) is 0 Å². The molecule has 0 bridgehead atoms. The molecule has 1 rings (SSSR count). The highest BCUT2D eigenvalue weighted by molar-refractivity contribution is 7.07. The van der Waals surface area contributed by atoms with Crippen LogP contribution < -0.4 is 0 Å². The van der Waals surface area contributed by atoms with E-state index in [9.17, 15) is 0 Å². The second-order valence-corrected chi connectivity index (χ2v) is 6.10. The van der Waals surface area contributed by atoms with Crippen molar-refractivity contribution in [1.82, 2.24) is 4.90 Å². The van der Waals surface area contributed by atoms with Gasteiger partial charge in [-0.25, -0.2) is 0 Å². The largest absolute Gasteiger partial charge is 0.302 e. The smallest absolute Gasteiger partial charge is 0.0683 e. The van der Waals surface area contributed by atoms with E-state index >= 15 is 0 Å². The van der Waals surface area contributed by atoms with Crippen LogP contribution in [0.25, 0.3) is 0 Å². The Morgan fingerprint density at radius 2 is 2.18 bits per heavy atom. The Morgan fingerprint density at radius 1 is 1.41 bits per heavy atom. The summed E-state index contributed by atoms with van der Waals surface area (Å²) in [5, 5.41) is 13.2. The molecule has 0 saturated carbocycles. The summed E-state index contributed by atoms with van der Waals surface area (Å²) in [6.45, 7) is 6.17. The number of rotatable bonds is 7. The molecule has 0 aliphatic carbocycles. The maximum Gasteiger partial charge on any atom is 0.0683 e. The van der Waals surface area contributed by atoms with E-state index in [0.29, 0.717) is 0 Å². The maximum atomic E-state index is 8.91. The lowest BCUT2D eigenvalue weighted by Gasteiger charge is -2.18. The van der Waals surface area contributed by atoms with E-state index in [1.54, 1.807) is 11.3 Å². The third-order valence-corrected chi connectivity index (χ3v) is 3.66. The Bertz CT molecular complexity index is 349. The summed E-state index contributed by atoms with van der Waals surface area (Å²) < 4.78 is 0. The fraction of sp³-hybridized carbons (Fsp3) is 0.643. The van der Waals surface area contributed by atoms with Gasteiger partial charge in [0.05, 0.1) is 11.5 Å². The van der Waals surface area contributed by atoms with Crippen LogP contribution in [0.2, 0.25) is 0 Å². The number of hydrogen-bond donors (Lipinski definition) is 0. The Balaban J connectivity index is 2.13. The van der Waals surface area contributed by atoms with Crippen molar-refractivity contribution < 1.29 is 0 Å². The van der Waals surface area contributed by atoms with E-state index in [-0.39, 0.29) is 5.41 Å². The first kappa shape index (κ1) is 14.2. The molecule has 0 saturated heterocycles. The third kappa shape index (κ3) is 5.86. The molecule has 0 fully saturated rings. The first-order valence-electron chi connectivity index (χ1n) is 6.14. The molecule has 0 radical (unpaired) electrons. The molecule has 1 aromatic rings. The summed E-state index contributed by atoms with van der Waals surface area (Å²) in [7, 11) is 2.16. The highest BCUT2D eigenvalue weighted by Crippen LogP contribution is 2.21. The zero-order valence-corrected chi connectivity index (χ0v) is 11.9. The molecule has 0 spiro atoms. The first-order chi connectivity index (χ1) is 8.03. The number of hydrogen-bond acceptors (Lipinski definition) is 3. The monoisotopic (exact) mass is 250 g/mol. The van der Waals surface area contributed by atoms with E-state index in [4.69, 9.17) is 5.26 Å². The van der Waals surface area contributed by atoms with Gasteiger partial charge in [0.25, 0.3) is 0 Å². The average Bonchev–Trinajstić information content (AvgIpc) is 2.77. The zero-order valence-electron chi connectivity index (χ0n) is 11.1. The molecule has 0 aliphatic heterocycles. The van der Waals surface area contributed by atoms with E-state index in [2.05, 4.69) is 34.8 Å². The number of nitrogens with zero attached hydrogens (tertiary/aromatic N) is 2. The molecule has 1 heterocycles. The van der Waals surface area contributed by atoms with Crippen molar-refractivity contribution in [3.05, 3.63) is 22.4 Å². The van der Waals surface area contributed by atoms with Crippen molar-refractivity contribution in [3.8, 4) is 6.07 Å². The summed E-state index contributed by atoms with van der Waals surface area (Å²) >= 11 is 1.75. The fourth-order valence-corrected chi connectivity index (χ4v) is 2.44. The van der Waals surface area contributed by atoms with Crippen LogP contribution in [0.4, 0.5) is 0 Å². The van der Waals surface area contributed by atoms with Crippen LogP contribution in [-0.4, -0.2) is 18.5 Å². The van der Waals surface area contributed by atoms with Crippen molar-refractivity contribution in [2.45, 2.75) is 39.7 Å². The summed E-state index contributed by atoms with van der Waals surface area (Å²) in [5.74, 6) is 0. The van der Waals surface area contributed by atoms with Gasteiger partial charge in [-0.05, 0) is 62.7 Å². The Kier molecular flexibility index (Phi) is 5.67. The van der Waals surface area contributed by atoms with Crippen LogP contribution in [-0.2, 0) is 6.54 Å². The SMILES string of the molecule is CN(CCCCC(C)(C)C#N)Cc1ccsc1. The highest BCUT2D eigenvalue weighted by Gasteiger charge is 2.15. The third-order valence-electron chi connectivity index (χ3n) is 2.93. The standard InChI is InChI=1S/C14H22N2S/c1-14(2,12-15)7-4-5-8-16(3)10-13-6-9-17-11-13/h6,9,11H,4-5,7-8,10H2,1-3H3. The number of nitriles is 1. The van der Waals surface area contributed by atoms with Gasteiger partial charge in [0.2, 0.25) is 0 Å². The molecule has 3 heteroatoms. The van der Waals surface area contributed by atoms with Gasteiger partial charge in [0.1, 0.15) is 0 Å². The lowest BCUT2D eigenvalue weighted by atomic mass is 9.89. The predicted octanol–water partition coefficient (Wildman–Crippen LogP) is 3.90. The second-order valence-electron chi connectivity index (χ2n) is 5.32. The van der Waals surface area contributed by atoms with Crippen LogP contribution in [0.3, 0.4) is 0 Å². The highest BCUT2D eigenvalue weighted by atomic mass is 32.1. The normalized spacial score (nSPS) is 11.7. The first-order valence-corrected chi connectivity index (χ1v) is 7.09. The summed E-state index contributed by atoms with van der Waals surface area (Å²) in [4.78, 5) is 2.35. The van der Waals surface area contributed by atoms with E-state index in [1.807, 2.05) is 13.8 Å². The van der Waals surface area contributed by atoms with Gasteiger partial charge in [-0.2, -0.15) is 16.6 Å². The van der Waals surface area contributed by atoms with Crippen LogP contribution >= 0.6 is 11.3 Å². The summed E-state index contributed by atoms with van der Waals surface area (Å²) in [6, 6.07) is 4.53. The number of unbranched alkanes of at least 4 members (excludes halogenated alkanes) is 1. The number of thiophene rings is 1. The van der Waals surface area contributed by atoms with E-state index in [0.717, 1.165) is 25.9 Å². The zero-order chi connectivity index (χ0) is 12.7. The van der Waals surface area contributed by atoms with Crippen LogP contribution in [0.15, 0.2) is 16.8 Å². The minimum Gasteiger partial charge on any atom is -0.302 e. The van der Waals surface area contributed by atoms with Crippen LogP contribution in [0.1, 0.15) is 38.7 Å². The molecular weight excluding hydrogens is 228 g/mol. The molecule has 0 aromatic carbocycles. The molecule has 17 heavy (non-hydrogen) atoms. The van der Waals surface area contributed by atoms with Crippen molar-refractivity contribution in [2.75, 3.05) is 13.6 Å². The Hall–Kier alpha value is -0.850. The molecule has 94 valence electrons. The van der Waals surface area contributed by atoms with Gasteiger partial charge in [0.15, 0.2) is 0 Å². The molecule has 0 unspecified atom stereocenters. The van der Waals surface area contributed by atoms with Gasteiger partial charge in [-0.1, -0.05) is 6.42 Å². The van der Waals surface area contributed by atoms with Crippen molar-refractivity contribution in [2.24, 2.45) is 5.41 Å². The van der Waals surface area contributed by atoms with Gasteiger partial charge in [0, 0.05) is 6.54 Å². The van der Waals surface area contributed by atoms with E-state index in [1.165, 1.54) is 12.0 Å². The molecule has 0 atom stereocenters. The second kappa shape index (κ2) is 6.78. The summed E-state index contributed by atoms with van der Waals surface area (Å²) in [6.07, 6.45) is 3.30. The van der Waals surface area contributed by atoms with Gasteiger partial charge >= 0.3 is 0 Å². The van der Waals surface area contributed by atoms with Crippen LogP contribution in [0, 0.1) is 16.7 Å². The Morgan fingerprint density at radius 3 is 2.76 bits per heavy atom. The topological polar surface area (TPSA) is 27.0 Å². The fourth-order valence-electron chi connectivity index (χ4n) is 1.78. The van der Waals surface area contributed by atoms with Crippen molar-refractivity contribution in [3.63, 3.8) is 0 Å².